The van der Waals surface area contributed by atoms with Gasteiger partial charge in [-0.15, -0.1) is 0 Å². The third kappa shape index (κ3) is 2.75. The molecule has 3 aromatic rings. The minimum Gasteiger partial charge on any atom is -0.440 e. The van der Waals surface area contributed by atoms with Crippen molar-refractivity contribution in [1.82, 2.24) is 19.9 Å². The second-order valence-corrected chi connectivity index (χ2v) is 6.13. The number of hydrogen-bond donors (Lipinski definition) is 0. The molecule has 0 aliphatic carbocycles. The molecule has 1 aromatic carbocycles. The molecule has 2 aromatic heterocycles. The maximum absolute atomic E-state index is 12.5. The third-order valence-corrected chi connectivity index (χ3v) is 4.44. The average molecular weight is 322 g/mol. The van der Waals surface area contributed by atoms with Gasteiger partial charge in [0.25, 0.3) is 5.91 Å². The summed E-state index contributed by atoms with van der Waals surface area (Å²) in [7, 11) is 0. The molecule has 1 saturated heterocycles. The van der Waals surface area contributed by atoms with Crippen LogP contribution in [0.25, 0.3) is 11.1 Å². The highest BCUT2D eigenvalue weighted by molar-refractivity contribution is 5.92. The number of carbonyl (C=O) groups excluding carboxylic acids is 1. The second-order valence-electron chi connectivity index (χ2n) is 6.13. The van der Waals surface area contributed by atoms with Gasteiger partial charge in [-0.05, 0) is 31.9 Å². The second kappa shape index (κ2) is 6.03. The van der Waals surface area contributed by atoms with Gasteiger partial charge in [0.1, 0.15) is 11.2 Å². The van der Waals surface area contributed by atoms with Crippen LogP contribution in [0.3, 0.4) is 0 Å². The van der Waals surface area contributed by atoms with E-state index in [2.05, 4.69) is 15.0 Å². The van der Waals surface area contributed by atoms with Crippen LogP contribution >= 0.6 is 0 Å². The summed E-state index contributed by atoms with van der Waals surface area (Å²) in [6.07, 6.45) is 4.86. The largest absolute Gasteiger partial charge is 0.440 e. The standard InChI is InChI=1S/C18H18N4O2/c1-12-10-20-15(11-19-12)18(23)22-8-6-13(7-9-22)17-21-14-4-2-3-5-16(14)24-17/h2-5,10-11,13H,6-9H2,1H3. The molecule has 0 radical (unpaired) electrons. The fraction of sp³-hybridized carbons (Fsp3) is 0.333. The van der Waals surface area contributed by atoms with E-state index in [0.717, 1.165) is 35.5 Å². The van der Waals surface area contributed by atoms with E-state index < -0.39 is 0 Å². The number of amides is 1. The SMILES string of the molecule is Cc1cnc(C(=O)N2CCC(c3nc4ccccc4o3)CC2)cn1. The average Bonchev–Trinajstić information content (AvgIpc) is 3.06. The highest BCUT2D eigenvalue weighted by Gasteiger charge is 2.28. The number of rotatable bonds is 2. The molecule has 0 atom stereocenters. The third-order valence-electron chi connectivity index (χ3n) is 4.44. The van der Waals surface area contributed by atoms with E-state index in [1.54, 1.807) is 12.4 Å². The minimum atomic E-state index is -0.0569. The summed E-state index contributed by atoms with van der Waals surface area (Å²) in [5, 5.41) is 0. The van der Waals surface area contributed by atoms with Crippen molar-refractivity contribution in [3.8, 4) is 0 Å². The lowest BCUT2D eigenvalue weighted by Gasteiger charge is -2.30. The number of benzene rings is 1. The molecule has 0 spiro atoms. The maximum Gasteiger partial charge on any atom is 0.274 e. The predicted octanol–water partition coefficient (Wildman–Crippen LogP) is 2.95. The Morgan fingerprint density at radius 3 is 2.67 bits per heavy atom. The van der Waals surface area contributed by atoms with E-state index in [0.29, 0.717) is 18.8 Å². The number of piperidine rings is 1. The molecule has 1 aliphatic rings. The van der Waals surface area contributed by atoms with E-state index in [1.165, 1.54) is 0 Å². The molecular formula is C18H18N4O2. The summed E-state index contributed by atoms with van der Waals surface area (Å²) in [6, 6.07) is 7.79. The molecule has 1 fully saturated rings. The monoisotopic (exact) mass is 322 g/mol. The molecule has 4 rings (SSSR count). The Hall–Kier alpha value is -2.76. The Bertz CT molecular complexity index is 831. The zero-order valence-corrected chi connectivity index (χ0v) is 13.5. The maximum atomic E-state index is 12.5. The van der Waals surface area contributed by atoms with E-state index in [4.69, 9.17) is 4.42 Å². The lowest BCUT2D eigenvalue weighted by atomic mass is 9.96. The summed E-state index contributed by atoms with van der Waals surface area (Å²) in [6.45, 7) is 3.21. The van der Waals surface area contributed by atoms with Gasteiger partial charge in [-0.25, -0.2) is 9.97 Å². The number of hydrogen-bond acceptors (Lipinski definition) is 5. The molecular weight excluding hydrogens is 304 g/mol. The first-order valence-corrected chi connectivity index (χ1v) is 8.14. The van der Waals surface area contributed by atoms with Crippen LogP contribution in [-0.4, -0.2) is 38.8 Å². The van der Waals surface area contributed by atoms with Gasteiger partial charge in [-0.1, -0.05) is 12.1 Å². The molecule has 0 N–H and O–H groups in total. The number of fused-ring (bicyclic) bond motifs is 1. The van der Waals surface area contributed by atoms with Crippen LogP contribution < -0.4 is 0 Å². The Morgan fingerprint density at radius 2 is 1.96 bits per heavy atom. The van der Waals surface area contributed by atoms with Crippen molar-refractivity contribution in [1.29, 1.82) is 0 Å². The highest BCUT2D eigenvalue weighted by atomic mass is 16.3. The van der Waals surface area contributed by atoms with Crippen molar-refractivity contribution in [3.63, 3.8) is 0 Å². The van der Waals surface area contributed by atoms with E-state index in [9.17, 15) is 4.79 Å². The lowest BCUT2D eigenvalue weighted by molar-refractivity contribution is 0.0700. The molecule has 1 amide bonds. The summed E-state index contributed by atoms with van der Waals surface area (Å²) >= 11 is 0. The van der Waals surface area contributed by atoms with Crippen LogP contribution in [0, 0.1) is 6.92 Å². The van der Waals surface area contributed by atoms with Gasteiger partial charge in [0.2, 0.25) is 0 Å². The number of para-hydroxylation sites is 2. The molecule has 24 heavy (non-hydrogen) atoms. The number of carbonyl (C=O) groups is 1. The summed E-state index contributed by atoms with van der Waals surface area (Å²) in [5.41, 5.74) is 2.92. The first-order valence-electron chi connectivity index (χ1n) is 8.14. The van der Waals surface area contributed by atoms with Gasteiger partial charge >= 0.3 is 0 Å². The molecule has 122 valence electrons. The highest BCUT2D eigenvalue weighted by Crippen LogP contribution is 2.30. The smallest absolute Gasteiger partial charge is 0.274 e. The van der Waals surface area contributed by atoms with Crippen LogP contribution in [0.15, 0.2) is 41.1 Å². The minimum absolute atomic E-state index is 0.0569. The van der Waals surface area contributed by atoms with Crippen molar-refractivity contribution in [2.24, 2.45) is 0 Å². The number of oxazole rings is 1. The van der Waals surface area contributed by atoms with Crippen molar-refractivity contribution in [3.05, 3.63) is 53.9 Å². The molecule has 0 bridgehead atoms. The predicted molar refractivity (Wildman–Crippen MR) is 88.7 cm³/mol. The molecule has 0 saturated carbocycles. The van der Waals surface area contributed by atoms with Gasteiger partial charge < -0.3 is 9.32 Å². The zero-order chi connectivity index (χ0) is 16.5. The van der Waals surface area contributed by atoms with Gasteiger partial charge in [0.05, 0.1) is 11.9 Å². The fourth-order valence-corrected chi connectivity index (χ4v) is 3.06. The summed E-state index contributed by atoms with van der Waals surface area (Å²) in [5.74, 6) is 0.975. The van der Waals surface area contributed by atoms with Crippen LogP contribution in [0.4, 0.5) is 0 Å². The van der Waals surface area contributed by atoms with Crippen LogP contribution in [0.5, 0.6) is 0 Å². The molecule has 6 nitrogen and oxygen atoms in total. The van der Waals surface area contributed by atoms with Gasteiger partial charge in [0, 0.05) is 25.2 Å². The molecule has 0 unspecified atom stereocenters. The van der Waals surface area contributed by atoms with Gasteiger partial charge in [-0.2, -0.15) is 0 Å². The Kier molecular flexibility index (Phi) is 3.72. The van der Waals surface area contributed by atoms with E-state index in [1.807, 2.05) is 36.1 Å². The number of likely N-dealkylation sites (tertiary alicyclic amines) is 1. The fourth-order valence-electron chi connectivity index (χ4n) is 3.06. The number of aryl methyl sites for hydroxylation is 1. The van der Waals surface area contributed by atoms with Gasteiger partial charge in [-0.3, -0.25) is 9.78 Å². The first-order chi connectivity index (χ1) is 11.7. The van der Waals surface area contributed by atoms with Crippen molar-refractivity contribution in [2.75, 3.05) is 13.1 Å². The summed E-state index contributed by atoms with van der Waals surface area (Å²) in [4.78, 5) is 27.2. The Balaban J connectivity index is 1.44. The first kappa shape index (κ1) is 14.8. The van der Waals surface area contributed by atoms with Crippen molar-refractivity contribution >= 4 is 17.0 Å². The number of nitrogens with zero attached hydrogens (tertiary/aromatic N) is 4. The molecule has 6 heteroatoms. The normalized spacial score (nSPS) is 15.8. The number of aromatic nitrogens is 3. The summed E-state index contributed by atoms with van der Waals surface area (Å²) < 4.78 is 5.86. The van der Waals surface area contributed by atoms with Gasteiger partial charge in [0.15, 0.2) is 11.5 Å². The van der Waals surface area contributed by atoms with Crippen LogP contribution in [-0.2, 0) is 0 Å². The zero-order valence-electron chi connectivity index (χ0n) is 13.5. The van der Waals surface area contributed by atoms with Crippen molar-refractivity contribution < 1.29 is 9.21 Å². The Morgan fingerprint density at radius 1 is 1.17 bits per heavy atom. The van der Waals surface area contributed by atoms with Crippen LogP contribution in [0.2, 0.25) is 0 Å². The quantitative estimate of drug-likeness (QED) is 0.725. The van der Waals surface area contributed by atoms with Crippen molar-refractivity contribution in [2.45, 2.75) is 25.7 Å². The topological polar surface area (TPSA) is 72.1 Å². The molecule has 1 aliphatic heterocycles. The molecule has 3 heterocycles. The van der Waals surface area contributed by atoms with Crippen LogP contribution in [0.1, 0.15) is 40.8 Å². The lowest BCUT2D eigenvalue weighted by Crippen LogP contribution is -2.38. The van der Waals surface area contributed by atoms with E-state index >= 15 is 0 Å². The Labute approximate surface area is 139 Å². The van der Waals surface area contributed by atoms with E-state index in [-0.39, 0.29) is 11.8 Å².